The van der Waals surface area contributed by atoms with Crippen LogP contribution in [0, 0.1) is 0 Å². The van der Waals surface area contributed by atoms with Gasteiger partial charge in [-0.25, -0.2) is 0 Å². The van der Waals surface area contributed by atoms with Crippen LogP contribution in [0.15, 0.2) is 12.2 Å². The van der Waals surface area contributed by atoms with E-state index >= 15 is 0 Å². The first-order valence-corrected chi connectivity index (χ1v) is 6.43. The van der Waals surface area contributed by atoms with E-state index in [9.17, 15) is 4.79 Å². The maximum Gasteiger partial charge on any atom is 0.158 e. The number of unbranched alkanes of at least 4 members (excludes halogenated alkanes) is 5. The fourth-order valence-corrected chi connectivity index (χ4v) is 1.62. The molecule has 0 bridgehead atoms. The summed E-state index contributed by atoms with van der Waals surface area (Å²) >= 11 is 0. The molecule has 0 amide bonds. The van der Waals surface area contributed by atoms with Crippen LogP contribution in [0.25, 0.3) is 0 Å². The van der Waals surface area contributed by atoms with Crippen molar-refractivity contribution >= 4 is 5.78 Å². The van der Waals surface area contributed by atoms with Gasteiger partial charge in [0.15, 0.2) is 5.78 Å². The zero-order valence-corrected chi connectivity index (χ0v) is 10.5. The van der Waals surface area contributed by atoms with Crippen LogP contribution in [0.2, 0.25) is 0 Å². The van der Waals surface area contributed by atoms with Crippen molar-refractivity contribution in [2.24, 2.45) is 0 Å². The molecule has 0 heterocycles. The standard InChI is InChI=1S/C14H26O/c1-4-6-8-10-12-14(15)13(3)11-9-7-5-2/h3-12H2,1-2H3. The predicted molar refractivity (Wildman–Crippen MR) is 67.0 cm³/mol. The van der Waals surface area contributed by atoms with Gasteiger partial charge < -0.3 is 0 Å². The molecule has 15 heavy (non-hydrogen) atoms. The van der Waals surface area contributed by atoms with E-state index in [0.717, 1.165) is 24.8 Å². The van der Waals surface area contributed by atoms with E-state index in [2.05, 4.69) is 20.4 Å². The van der Waals surface area contributed by atoms with Crippen LogP contribution in [-0.2, 0) is 4.79 Å². The Bertz CT molecular complexity index is 182. The van der Waals surface area contributed by atoms with Crippen LogP contribution in [0.1, 0.15) is 71.6 Å². The summed E-state index contributed by atoms with van der Waals surface area (Å²) in [7, 11) is 0. The number of hydrogen-bond acceptors (Lipinski definition) is 1. The molecule has 1 heteroatoms. The molecule has 0 atom stereocenters. The quantitative estimate of drug-likeness (QED) is 0.378. The minimum Gasteiger partial charge on any atom is -0.295 e. The highest BCUT2D eigenvalue weighted by atomic mass is 16.1. The van der Waals surface area contributed by atoms with Crippen molar-refractivity contribution in [3.8, 4) is 0 Å². The lowest BCUT2D eigenvalue weighted by atomic mass is 10.0. The molecule has 0 saturated carbocycles. The average molecular weight is 210 g/mol. The molecule has 88 valence electrons. The lowest BCUT2D eigenvalue weighted by molar-refractivity contribution is -0.115. The second kappa shape index (κ2) is 9.95. The first-order valence-electron chi connectivity index (χ1n) is 6.43. The van der Waals surface area contributed by atoms with Crippen LogP contribution < -0.4 is 0 Å². The number of rotatable bonds is 10. The average Bonchev–Trinajstić information content (AvgIpc) is 2.24. The van der Waals surface area contributed by atoms with Crippen molar-refractivity contribution in [3.63, 3.8) is 0 Å². The summed E-state index contributed by atoms with van der Waals surface area (Å²) in [6.45, 7) is 8.24. The van der Waals surface area contributed by atoms with E-state index in [1.807, 2.05) is 0 Å². The lowest BCUT2D eigenvalue weighted by Crippen LogP contribution is -2.01. The van der Waals surface area contributed by atoms with Gasteiger partial charge in [-0.1, -0.05) is 52.5 Å². The molecule has 0 saturated heterocycles. The SMILES string of the molecule is C=C(CCCCC)C(=O)CCCCCC. The summed E-state index contributed by atoms with van der Waals surface area (Å²) < 4.78 is 0. The van der Waals surface area contributed by atoms with Gasteiger partial charge in [0.05, 0.1) is 0 Å². The van der Waals surface area contributed by atoms with Gasteiger partial charge in [0.25, 0.3) is 0 Å². The number of carbonyl (C=O) groups is 1. The summed E-state index contributed by atoms with van der Waals surface area (Å²) in [5, 5.41) is 0. The molecule has 0 rings (SSSR count). The third-order valence-corrected chi connectivity index (χ3v) is 2.73. The largest absolute Gasteiger partial charge is 0.295 e. The molecule has 0 aliphatic carbocycles. The summed E-state index contributed by atoms with van der Waals surface area (Å²) in [4.78, 5) is 11.6. The van der Waals surface area contributed by atoms with Crippen molar-refractivity contribution in [3.05, 3.63) is 12.2 Å². The second-order valence-corrected chi connectivity index (χ2v) is 4.29. The van der Waals surface area contributed by atoms with Gasteiger partial charge in [-0.2, -0.15) is 0 Å². The van der Waals surface area contributed by atoms with Crippen LogP contribution >= 0.6 is 0 Å². The monoisotopic (exact) mass is 210 g/mol. The molecule has 0 radical (unpaired) electrons. The van der Waals surface area contributed by atoms with Gasteiger partial charge in [0.1, 0.15) is 0 Å². The van der Waals surface area contributed by atoms with Crippen LogP contribution in [0.5, 0.6) is 0 Å². The van der Waals surface area contributed by atoms with Gasteiger partial charge in [-0.15, -0.1) is 0 Å². The normalized spacial score (nSPS) is 10.3. The number of ketones is 1. The van der Waals surface area contributed by atoms with E-state index in [4.69, 9.17) is 0 Å². The molecule has 0 aliphatic rings. The van der Waals surface area contributed by atoms with E-state index in [0.29, 0.717) is 12.2 Å². The third-order valence-electron chi connectivity index (χ3n) is 2.73. The first kappa shape index (κ1) is 14.4. The molecule has 0 spiro atoms. The Morgan fingerprint density at radius 3 is 2.00 bits per heavy atom. The minimum atomic E-state index is 0.294. The summed E-state index contributed by atoms with van der Waals surface area (Å²) in [5.41, 5.74) is 0.847. The molecule has 0 N–H and O–H groups in total. The van der Waals surface area contributed by atoms with Crippen molar-refractivity contribution in [2.75, 3.05) is 0 Å². The van der Waals surface area contributed by atoms with Crippen molar-refractivity contribution < 1.29 is 4.79 Å². The Morgan fingerprint density at radius 2 is 1.40 bits per heavy atom. The number of carbonyl (C=O) groups excluding carboxylic acids is 1. The Labute approximate surface area is 95.0 Å². The smallest absolute Gasteiger partial charge is 0.158 e. The van der Waals surface area contributed by atoms with E-state index in [-0.39, 0.29) is 0 Å². The van der Waals surface area contributed by atoms with Crippen molar-refractivity contribution in [1.29, 1.82) is 0 Å². The van der Waals surface area contributed by atoms with Crippen LogP contribution in [0.4, 0.5) is 0 Å². The molecule has 0 aromatic carbocycles. The molecular formula is C14H26O. The van der Waals surface area contributed by atoms with E-state index in [1.165, 1.54) is 32.1 Å². The predicted octanol–water partition coefficient (Wildman–Crippen LogP) is 4.66. The Hall–Kier alpha value is -0.590. The second-order valence-electron chi connectivity index (χ2n) is 4.29. The first-order chi connectivity index (χ1) is 7.22. The van der Waals surface area contributed by atoms with Crippen LogP contribution in [-0.4, -0.2) is 5.78 Å². The topological polar surface area (TPSA) is 17.1 Å². The fraction of sp³-hybridized carbons (Fsp3) is 0.786. The third kappa shape index (κ3) is 8.41. The summed E-state index contributed by atoms with van der Waals surface area (Å²) in [6.07, 6.45) is 9.85. The highest BCUT2D eigenvalue weighted by Gasteiger charge is 2.05. The molecule has 1 nitrogen and oxygen atoms in total. The highest BCUT2D eigenvalue weighted by Crippen LogP contribution is 2.12. The fourth-order valence-electron chi connectivity index (χ4n) is 1.62. The number of hydrogen-bond donors (Lipinski definition) is 0. The zero-order chi connectivity index (χ0) is 11.5. The highest BCUT2D eigenvalue weighted by molar-refractivity contribution is 5.94. The van der Waals surface area contributed by atoms with E-state index in [1.54, 1.807) is 0 Å². The summed E-state index contributed by atoms with van der Waals surface area (Å²) in [5.74, 6) is 0.294. The summed E-state index contributed by atoms with van der Waals surface area (Å²) in [6, 6.07) is 0. The Morgan fingerprint density at radius 1 is 0.867 bits per heavy atom. The van der Waals surface area contributed by atoms with Gasteiger partial charge in [-0.05, 0) is 24.8 Å². The van der Waals surface area contributed by atoms with Crippen molar-refractivity contribution in [1.82, 2.24) is 0 Å². The molecule has 0 unspecified atom stereocenters. The molecule has 0 aromatic rings. The molecule has 0 fully saturated rings. The van der Waals surface area contributed by atoms with Gasteiger partial charge in [-0.3, -0.25) is 4.79 Å². The zero-order valence-electron chi connectivity index (χ0n) is 10.5. The molecular weight excluding hydrogens is 184 g/mol. The number of Topliss-reactive ketones (excluding diaryl/α,β-unsaturated/α-hetero) is 1. The lowest BCUT2D eigenvalue weighted by Gasteiger charge is -2.04. The molecule has 0 aliphatic heterocycles. The van der Waals surface area contributed by atoms with Crippen LogP contribution in [0.3, 0.4) is 0 Å². The Balaban J connectivity index is 3.47. The minimum absolute atomic E-state index is 0.294. The van der Waals surface area contributed by atoms with Gasteiger partial charge >= 0.3 is 0 Å². The maximum atomic E-state index is 11.6. The van der Waals surface area contributed by atoms with Crippen molar-refractivity contribution in [2.45, 2.75) is 71.6 Å². The Kier molecular flexibility index (Phi) is 9.55. The van der Waals surface area contributed by atoms with Gasteiger partial charge in [0, 0.05) is 6.42 Å². The van der Waals surface area contributed by atoms with Gasteiger partial charge in [0.2, 0.25) is 0 Å². The number of allylic oxidation sites excluding steroid dienone is 1. The van der Waals surface area contributed by atoms with E-state index < -0.39 is 0 Å². The maximum absolute atomic E-state index is 11.6. The molecule has 0 aromatic heterocycles.